The summed E-state index contributed by atoms with van der Waals surface area (Å²) in [6, 6.07) is 24.6. The van der Waals surface area contributed by atoms with Crippen molar-refractivity contribution in [1.82, 2.24) is 9.78 Å². The fourth-order valence-electron chi connectivity index (χ4n) is 2.91. The molecule has 0 fully saturated rings. The van der Waals surface area contributed by atoms with Crippen molar-refractivity contribution in [3.05, 3.63) is 102 Å². The molecule has 1 aromatic heterocycles. The predicted molar refractivity (Wildman–Crippen MR) is 98.6 cm³/mol. The second-order valence-corrected chi connectivity index (χ2v) is 6.07. The van der Waals surface area contributed by atoms with E-state index in [4.69, 9.17) is 5.10 Å². The summed E-state index contributed by atoms with van der Waals surface area (Å²) in [5, 5.41) is 4.70. The molecule has 4 heteroatoms. The molecule has 0 atom stereocenters. The highest BCUT2D eigenvalue weighted by molar-refractivity contribution is 5.68. The summed E-state index contributed by atoms with van der Waals surface area (Å²) in [6.45, 7) is 0.592. The number of halogens is 2. The molecule has 2 nitrogen and oxygen atoms in total. The lowest BCUT2D eigenvalue weighted by Crippen LogP contribution is -2.03. The van der Waals surface area contributed by atoms with Crippen LogP contribution in [0.5, 0.6) is 0 Å². The molecule has 0 saturated carbocycles. The Morgan fingerprint density at radius 2 is 1.27 bits per heavy atom. The van der Waals surface area contributed by atoms with Crippen molar-refractivity contribution < 1.29 is 8.78 Å². The maximum Gasteiger partial charge on any atom is 0.123 e. The zero-order valence-electron chi connectivity index (χ0n) is 13.9. The zero-order chi connectivity index (χ0) is 17.9. The van der Waals surface area contributed by atoms with Gasteiger partial charge in [0.15, 0.2) is 0 Å². The van der Waals surface area contributed by atoms with Gasteiger partial charge in [-0.2, -0.15) is 5.10 Å². The van der Waals surface area contributed by atoms with Gasteiger partial charge in [-0.25, -0.2) is 8.78 Å². The SMILES string of the molecule is Fc1ccc(-c2cc(-c3ccc(F)cc3)n(Cc3ccccc3)n2)cc1. The molecule has 0 saturated heterocycles. The third-order valence-corrected chi connectivity index (χ3v) is 4.24. The Labute approximate surface area is 150 Å². The summed E-state index contributed by atoms with van der Waals surface area (Å²) in [4.78, 5) is 0. The van der Waals surface area contributed by atoms with Crippen molar-refractivity contribution in [1.29, 1.82) is 0 Å². The molecular formula is C22H16F2N2. The zero-order valence-corrected chi connectivity index (χ0v) is 13.9. The van der Waals surface area contributed by atoms with Crippen molar-refractivity contribution in [2.75, 3.05) is 0 Å². The Kier molecular flexibility index (Phi) is 4.32. The first-order valence-corrected chi connectivity index (χ1v) is 8.33. The van der Waals surface area contributed by atoms with Gasteiger partial charge in [0.25, 0.3) is 0 Å². The van der Waals surface area contributed by atoms with E-state index in [-0.39, 0.29) is 11.6 Å². The van der Waals surface area contributed by atoms with Crippen LogP contribution in [0.15, 0.2) is 84.9 Å². The highest BCUT2D eigenvalue weighted by Gasteiger charge is 2.12. The Morgan fingerprint density at radius 3 is 1.88 bits per heavy atom. The van der Waals surface area contributed by atoms with Gasteiger partial charge in [-0.15, -0.1) is 0 Å². The minimum Gasteiger partial charge on any atom is -0.260 e. The summed E-state index contributed by atoms with van der Waals surface area (Å²) >= 11 is 0. The summed E-state index contributed by atoms with van der Waals surface area (Å²) < 4.78 is 28.4. The van der Waals surface area contributed by atoms with Gasteiger partial charge < -0.3 is 0 Å². The summed E-state index contributed by atoms with van der Waals surface area (Å²) in [6.07, 6.45) is 0. The molecule has 0 aliphatic carbocycles. The first-order chi connectivity index (χ1) is 12.7. The third-order valence-electron chi connectivity index (χ3n) is 4.24. The number of benzene rings is 3. The molecule has 26 heavy (non-hydrogen) atoms. The third kappa shape index (κ3) is 3.40. The lowest BCUT2D eigenvalue weighted by atomic mass is 10.1. The van der Waals surface area contributed by atoms with E-state index >= 15 is 0 Å². The number of rotatable bonds is 4. The van der Waals surface area contributed by atoms with Gasteiger partial charge in [0.2, 0.25) is 0 Å². The van der Waals surface area contributed by atoms with Crippen LogP contribution in [-0.2, 0) is 6.54 Å². The number of nitrogens with zero attached hydrogens (tertiary/aromatic N) is 2. The molecule has 0 spiro atoms. The lowest BCUT2D eigenvalue weighted by Gasteiger charge is -2.08. The van der Waals surface area contributed by atoms with Crippen LogP contribution >= 0.6 is 0 Å². The van der Waals surface area contributed by atoms with Crippen LogP contribution in [-0.4, -0.2) is 9.78 Å². The highest BCUT2D eigenvalue weighted by atomic mass is 19.1. The fraction of sp³-hybridized carbons (Fsp3) is 0.0455. The van der Waals surface area contributed by atoms with Crippen LogP contribution in [0.2, 0.25) is 0 Å². The van der Waals surface area contributed by atoms with E-state index in [0.717, 1.165) is 28.1 Å². The molecule has 0 aliphatic rings. The fourth-order valence-corrected chi connectivity index (χ4v) is 2.91. The maximum absolute atomic E-state index is 13.3. The van der Waals surface area contributed by atoms with Crippen LogP contribution in [0.25, 0.3) is 22.5 Å². The molecule has 4 aromatic rings. The second kappa shape index (κ2) is 6.92. The molecule has 0 aliphatic heterocycles. The van der Waals surface area contributed by atoms with E-state index in [0.29, 0.717) is 6.54 Å². The van der Waals surface area contributed by atoms with Gasteiger partial charge in [0, 0.05) is 11.1 Å². The van der Waals surface area contributed by atoms with E-state index in [1.165, 1.54) is 24.3 Å². The van der Waals surface area contributed by atoms with Gasteiger partial charge in [-0.1, -0.05) is 30.3 Å². The van der Waals surface area contributed by atoms with Crippen LogP contribution in [0.4, 0.5) is 8.78 Å². The second-order valence-electron chi connectivity index (χ2n) is 6.07. The van der Waals surface area contributed by atoms with E-state index in [2.05, 4.69) is 0 Å². The Hall–Kier alpha value is -3.27. The van der Waals surface area contributed by atoms with E-state index in [1.54, 1.807) is 24.3 Å². The van der Waals surface area contributed by atoms with Gasteiger partial charge >= 0.3 is 0 Å². The maximum atomic E-state index is 13.3. The van der Waals surface area contributed by atoms with Gasteiger partial charge in [0.05, 0.1) is 17.9 Å². The van der Waals surface area contributed by atoms with Crippen molar-refractivity contribution in [3.8, 4) is 22.5 Å². The molecule has 1 heterocycles. The Bertz CT molecular complexity index is 1000. The average Bonchev–Trinajstić information content (AvgIpc) is 3.07. The van der Waals surface area contributed by atoms with Crippen LogP contribution in [0.3, 0.4) is 0 Å². The van der Waals surface area contributed by atoms with Crippen LogP contribution in [0, 0.1) is 11.6 Å². The minimum atomic E-state index is -0.281. The largest absolute Gasteiger partial charge is 0.260 e. The Balaban J connectivity index is 1.79. The first kappa shape index (κ1) is 16.2. The number of hydrogen-bond donors (Lipinski definition) is 0. The Morgan fingerprint density at radius 1 is 0.692 bits per heavy atom. The van der Waals surface area contributed by atoms with Gasteiger partial charge in [-0.3, -0.25) is 4.68 Å². The smallest absolute Gasteiger partial charge is 0.123 e. The summed E-state index contributed by atoms with van der Waals surface area (Å²) in [5.41, 5.74) is 4.46. The number of aromatic nitrogens is 2. The van der Waals surface area contributed by atoms with Gasteiger partial charge in [-0.05, 0) is 60.2 Å². The van der Waals surface area contributed by atoms with Gasteiger partial charge in [0.1, 0.15) is 11.6 Å². The topological polar surface area (TPSA) is 17.8 Å². The first-order valence-electron chi connectivity index (χ1n) is 8.33. The molecule has 128 valence electrons. The molecule has 0 unspecified atom stereocenters. The molecule has 0 amide bonds. The highest BCUT2D eigenvalue weighted by Crippen LogP contribution is 2.27. The summed E-state index contributed by atoms with van der Waals surface area (Å²) in [5.74, 6) is -0.558. The lowest BCUT2D eigenvalue weighted by molar-refractivity contribution is 0.627. The van der Waals surface area contributed by atoms with E-state index < -0.39 is 0 Å². The standard InChI is InChI=1S/C22H16F2N2/c23-19-10-6-17(7-11-19)21-14-22(18-8-12-20(24)13-9-18)26(25-21)15-16-4-2-1-3-5-16/h1-14H,15H2. The normalized spacial score (nSPS) is 10.8. The summed E-state index contributed by atoms with van der Waals surface area (Å²) in [7, 11) is 0. The molecule has 0 bridgehead atoms. The molecule has 0 radical (unpaired) electrons. The van der Waals surface area contributed by atoms with Crippen molar-refractivity contribution in [2.24, 2.45) is 0 Å². The van der Waals surface area contributed by atoms with Crippen LogP contribution < -0.4 is 0 Å². The molecule has 4 rings (SSSR count). The van der Waals surface area contributed by atoms with E-state index in [9.17, 15) is 8.78 Å². The molecular weight excluding hydrogens is 330 g/mol. The van der Waals surface area contributed by atoms with Crippen molar-refractivity contribution in [2.45, 2.75) is 6.54 Å². The average molecular weight is 346 g/mol. The van der Waals surface area contributed by atoms with Crippen molar-refractivity contribution in [3.63, 3.8) is 0 Å². The molecule has 3 aromatic carbocycles. The quantitative estimate of drug-likeness (QED) is 0.474. The number of hydrogen-bond acceptors (Lipinski definition) is 1. The predicted octanol–water partition coefficient (Wildman–Crippen LogP) is 5.54. The minimum absolute atomic E-state index is 0.276. The van der Waals surface area contributed by atoms with Crippen molar-refractivity contribution >= 4 is 0 Å². The molecule has 0 N–H and O–H groups in total. The van der Waals surface area contributed by atoms with Crippen LogP contribution in [0.1, 0.15) is 5.56 Å². The van der Waals surface area contributed by atoms with E-state index in [1.807, 2.05) is 41.1 Å². The monoisotopic (exact) mass is 346 g/mol.